The fourth-order valence-corrected chi connectivity index (χ4v) is 2.78. The third-order valence-corrected chi connectivity index (χ3v) is 3.65. The van der Waals surface area contributed by atoms with Crippen molar-refractivity contribution in [2.45, 2.75) is 52.4 Å². The van der Waals surface area contributed by atoms with Gasteiger partial charge < -0.3 is 4.74 Å². The summed E-state index contributed by atoms with van der Waals surface area (Å²) in [6, 6.07) is 0. The topological polar surface area (TPSA) is 43.4 Å². The number of ketones is 2. The van der Waals surface area contributed by atoms with Crippen molar-refractivity contribution in [3.8, 4) is 0 Å². The minimum atomic E-state index is 0.0403. The summed E-state index contributed by atoms with van der Waals surface area (Å²) >= 11 is 0. The van der Waals surface area contributed by atoms with E-state index < -0.39 is 0 Å². The molecular weight excluding hydrogens is 252 g/mol. The van der Waals surface area contributed by atoms with Crippen molar-refractivity contribution in [3.63, 3.8) is 0 Å². The Hall–Kier alpha value is -1.64. The van der Waals surface area contributed by atoms with Crippen molar-refractivity contribution in [3.05, 3.63) is 34.6 Å². The van der Waals surface area contributed by atoms with E-state index in [4.69, 9.17) is 4.74 Å². The van der Waals surface area contributed by atoms with Gasteiger partial charge in [0.05, 0.1) is 0 Å². The normalized spacial score (nSPS) is 18.7. The zero-order chi connectivity index (χ0) is 14.5. The lowest BCUT2D eigenvalue weighted by Gasteiger charge is -2.20. The summed E-state index contributed by atoms with van der Waals surface area (Å²) < 4.78 is 5.37. The quantitative estimate of drug-likeness (QED) is 0.567. The molecule has 1 aliphatic carbocycles. The molecule has 0 aromatic rings. The molecular formula is C17H22O3. The van der Waals surface area contributed by atoms with Gasteiger partial charge in [0.15, 0.2) is 18.2 Å². The third kappa shape index (κ3) is 4.19. The molecule has 0 atom stereocenters. The first-order chi connectivity index (χ1) is 9.54. The monoisotopic (exact) mass is 274 g/mol. The van der Waals surface area contributed by atoms with Crippen molar-refractivity contribution in [1.82, 2.24) is 0 Å². The summed E-state index contributed by atoms with van der Waals surface area (Å²) in [5.41, 5.74) is 3.59. The van der Waals surface area contributed by atoms with Crippen LogP contribution in [0.1, 0.15) is 52.4 Å². The Bertz CT molecular complexity index is 502. The molecule has 3 heteroatoms. The minimum Gasteiger partial charge on any atom is -0.489 e. The number of hydrogen-bond donors (Lipinski definition) is 0. The van der Waals surface area contributed by atoms with Gasteiger partial charge in [0.1, 0.15) is 5.76 Å². The second kappa shape index (κ2) is 6.69. The number of carbonyl (C=O) groups is 2. The average molecular weight is 274 g/mol. The van der Waals surface area contributed by atoms with E-state index in [0.717, 1.165) is 37.0 Å². The van der Waals surface area contributed by atoms with Crippen LogP contribution >= 0.6 is 0 Å². The van der Waals surface area contributed by atoms with Crippen molar-refractivity contribution >= 4 is 11.6 Å². The first-order valence-electron chi connectivity index (χ1n) is 7.28. The van der Waals surface area contributed by atoms with Gasteiger partial charge in [0, 0.05) is 18.9 Å². The molecule has 0 aromatic heterocycles. The third-order valence-electron chi connectivity index (χ3n) is 3.65. The first kappa shape index (κ1) is 14.8. The molecule has 0 radical (unpaired) electrons. The van der Waals surface area contributed by atoms with Crippen LogP contribution in [-0.4, -0.2) is 18.2 Å². The van der Waals surface area contributed by atoms with E-state index in [-0.39, 0.29) is 18.2 Å². The number of ether oxygens (including phenoxy) is 1. The number of carbonyl (C=O) groups excluding carboxylic acids is 2. The highest BCUT2D eigenvalue weighted by molar-refractivity contribution is 5.93. The fourth-order valence-electron chi connectivity index (χ4n) is 2.78. The number of allylic oxidation sites excluding steroid dienone is 4. The van der Waals surface area contributed by atoms with Crippen LogP contribution in [0.25, 0.3) is 0 Å². The van der Waals surface area contributed by atoms with E-state index in [1.165, 1.54) is 11.1 Å². The maximum absolute atomic E-state index is 11.9. The SMILES string of the molecule is CC(C)=CC(=O)CC1=C(CC2=CC(=O)CO2)CCCC1. The van der Waals surface area contributed by atoms with Gasteiger partial charge in [-0.15, -0.1) is 0 Å². The van der Waals surface area contributed by atoms with Crippen molar-refractivity contribution in [2.75, 3.05) is 6.61 Å². The van der Waals surface area contributed by atoms with Crippen LogP contribution in [0, 0.1) is 0 Å². The maximum atomic E-state index is 11.9. The average Bonchev–Trinajstić information content (AvgIpc) is 2.76. The Balaban J connectivity index is 2.08. The molecule has 0 spiro atoms. The zero-order valence-corrected chi connectivity index (χ0v) is 12.3. The molecule has 3 nitrogen and oxygen atoms in total. The number of hydrogen-bond acceptors (Lipinski definition) is 3. The fraction of sp³-hybridized carbons (Fsp3) is 0.529. The van der Waals surface area contributed by atoms with E-state index in [9.17, 15) is 9.59 Å². The maximum Gasteiger partial charge on any atom is 0.196 e. The first-order valence-corrected chi connectivity index (χ1v) is 7.28. The van der Waals surface area contributed by atoms with Gasteiger partial charge in [-0.2, -0.15) is 0 Å². The summed E-state index contributed by atoms with van der Waals surface area (Å²) in [5, 5.41) is 0. The summed E-state index contributed by atoms with van der Waals surface area (Å²) in [6.07, 6.45) is 8.86. The van der Waals surface area contributed by atoms with Crippen LogP contribution in [0.5, 0.6) is 0 Å². The molecule has 0 N–H and O–H groups in total. The van der Waals surface area contributed by atoms with Gasteiger partial charge in [-0.25, -0.2) is 0 Å². The van der Waals surface area contributed by atoms with E-state index in [1.54, 1.807) is 12.2 Å². The van der Waals surface area contributed by atoms with Crippen LogP contribution in [0.4, 0.5) is 0 Å². The van der Waals surface area contributed by atoms with Gasteiger partial charge in [0.25, 0.3) is 0 Å². The Labute approximate surface area is 120 Å². The highest BCUT2D eigenvalue weighted by Gasteiger charge is 2.19. The molecule has 0 saturated carbocycles. The molecule has 0 unspecified atom stereocenters. The minimum absolute atomic E-state index is 0.0403. The van der Waals surface area contributed by atoms with Gasteiger partial charge in [-0.3, -0.25) is 9.59 Å². The van der Waals surface area contributed by atoms with Crippen molar-refractivity contribution < 1.29 is 14.3 Å². The molecule has 0 amide bonds. The summed E-state index contributed by atoms with van der Waals surface area (Å²) in [7, 11) is 0. The zero-order valence-electron chi connectivity index (χ0n) is 12.3. The molecule has 0 bridgehead atoms. The summed E-state index contributed by atoms with van der Waals surface area (Å²) in [5.74, 6) is 0.981. The van der Waals surface area contributed by atoms with Crippen molar-refractivity contribution in [1.29, 1.82) is 0 Å². The molecule has 2 rings (SSSR count). The molecule has 1 aliphatic heterocycles. The van der Waals surface area contributed by atoms with E-state index in [2.05, 4.69) is 0 Å². The Morgan fingerprint density at radius 1 is 1.25 bits per heavy atom. The molecule has 0 saturated heterocycles. The Morgan fingerprint density at radius 3 is 2.55 bits per heavy atom. The van der Waals surface area contributed by atoms with Crippen LogP contribution in [0.15, 0.2) is 34.6 Å². The lowest BCUT2D eigenvalue weighted by atomic mass is 9.86. The van der Waals surface area contributed by atoms with Gasteiger partial charge >= 0.3 is 0 Å². The molecule has 20 heavy (non-hydrogen) atoms. The van der Waals surface area contributed by atoms with Crippen molar-refractivity contribution in [2.24, 2.45) is 0 Å². The van der Waals surface area contributed by atoms with Gasteiger partial charge in [-0.1, -0.05) is 16.7 Å². The van der Waals surface area contributed by atoms with Gasteiger partial charge in [0.2, 0.25) is 0 Å². The van der Waals surface area contributed by atoms with Crippen LogP contribution in [-0.2, 0) is 14.3 Å². The Kier molecular flexibility index (Phi) is 4.94. The lowest BCUT2D eigenvalue weighted by Crippen LogP contribution is -2.06. The van der Waals surface area contributed by atoms with Crippen LogP contribution < -0.4 is 0 Å². The van der Waals surface area contributed by atoms with E-state index >= 15 is 0 Å². The van der Waals surface area contributed by atoms with E-state index in [0.29, 0.717) is 12.8 Å². The van der Waals surface area contributed by atoms with Crippen LogP contribution in [0.3, 0.4) is 0 Å². The predicted molar refractivity (Wildman–Crippen MR) is 78.2 cm³/mol. The smallest absolute Gasteiger partial charge is 0.196 e. The number of rotatable bonds is 5. The van der Waals surface area contributed by atoms with Crippen LogP contribution in [0.2, 0.25) is 0 Å². The summed E-state index contributed by atoms with van der Waals surface area (Å²) in [4.78, 5) is 23.1. The predicted octanol–water partition coefficient (Wildman–Crippen LogP) is 3.66. The molecule has 0 aromatic carbocycles. The Morgan fingerprint density at radius 2 is 1.95 bits per heavy atom. The highest BCUT2D eigenvalue weighted by Crippen LogP contribution is 2.32. The van der Waals surface area contributed by atoms with Gasteiger partial charge in [-0.05, 0) is 45.6 Å². The standard InChI is InChI=1S/C17H22O3/c1-12(2)7-15(18)8-13-5-3-4-6-14(13)9-17-10-16(19)11-20-17/h7,10H,3-6,8-9,11H2,1-2H3. The van der Waals surface area contributed by atoms with E-state index in [1.807, 2.05) is 13.8 Å². The molecule has 108 valence electrons. The second-order valence-electron chi connectivity index (χ2n) is 5.82. The summed E-state index contributed by atoms with van der Waals surface area (Å²) in [6.45, 7) is 4.06. The molecule has 0 fully saturated rings. The molecule has 1 heterocycles. The highest BCUT2D eigenvalue weighted by atomic mass is 16.5. The largest absolute Gasteiger partial charge is 0.489 e. The second-order valence-corrected chi connectivity index (χ2v) is 5.82. The lowest BCUT2D eigenvalue weighted by molar-refractivity contribution is -0.116. The molecule has 2 aliphatic rings.